The van der Waals surface area contributed by atoms with E-state index >= 15 is 0 Å². The van der Waals surface area contributed by atoms with Crippen LogP contribution in [0.15, 0.2) is 145 Å². The first kappa shape index (κ1) is 14.9. The molecule has 0 saturated heterocycles. The molecule has 0 bridgehead atoms. The van der Waals surface area contributed by atoms with Crippen molar-refractivity contribution in [1.29, 1.82) is 0 Å². The van der Waals surface area contributed by atoms with Gasteiger partial charge in [0, 0.05) is 41.1 Å². The van der Waals surface area contributed by atoms with Crippen molar-refractivity contribution in [2.24, 2.45) is 0 Å². The molecule has 0 atom stereocenters. The van der Waals surface area contributed by atoms with Gasteiger partial charge in [-0.15, -0.1) is 0 Å². The van der Waals surface area contributed by atoms with Crippen LogP contribution in [0.3, 0.4) is 0 Å². The number of aromatic nitrogens is 4. The standard InChI is InChI=1S/C42H30N4/c1-42(2)34-22-11-9-21-33(34)37-35(42)25-24-32-31-20-10-12-23-36(31)46(38(32)37)41-44-39(28-16-7-4-8-17-28)43-40(45-41)30-19-13-18-29(26-30)27-14-5-3-6-15-27/h3-26H,1-2H3/i1D3,2D3,9D,10D,11D,12D,20D,21D,22D,23D,24D,25D. The molecule has 0 saturated carbocycles. The minimum atomic E-state index is -3.64. The summed E-state index contributed by atoms with van der Waals surface area (Å²) in [6.07, 6.45) is 0. The molecular formula is C42H30N4. The first-order valence-corrected chi connectivity index (χ1v) is 14.4. The molecule has 0 N–H and O–H groups in total. The molecule has 2 heterocycles. The summed E-state index contributed by atoms with van der Waals surface area (Å²) >= 11 is 0. The minimum Gasteiger partial charge on any atom is -0.277 e. The van der Waals surface area contributed by atoms with Gasteiger partial charge in [-0.2, -0.15) is 9.97 Å². The molecule has 2 aromatic heterocycles. The lowest BCUT2D eigenvalue weighted by Gasteiger charge is -2.21. The molecule has 0 aliphatic heterocycles. The fraction of sp³-hybridized carbons (Fsp3) is 0.0714. The zero-order valence-electron chi connectivity index (χ0n) is 39.9. The lowest BCUT2D eigenvalue weighted by Crippen LogP contribution is -2.14. The molecular weight excluding hydrogens is 560 g/mol. The molecule has 218 valence electrons. The summed E-state index contributed by atoms with van der Waals surface area (Å²) in [5, 5.41) is -0.667. The minimum absolute atomic E-state index is 0.0731. The molecule has 4 nitrogen and oxygen atoms in total. The van der Waals surface area contributed by atoms with Crippen molar-refractivity contribution in [1.82, 2.24) is 19.5 Å². The Kier molecular flexibility index (Phi) is 3.27. The van der Waals surface area contributed by atoms with E-state index in [0.717, 1.165) is 15.7 Å². The molecule has 0 radical (unpaired) electrons. The predicted octanol–water partition coefficient (Wildman–Crippen LogP) is 10.3. The second-order valence-electron chi connectivity index (χ2n) is 10.9. The van der Waals surface area contributed by atoms with Crippen LogP contribution < -0.4 is 0 Å². The van der Waals surface area contributed by atoms with Gasteiger partial charge in [-0.25, -0.2) is 4.98 Å². The van der Waals surface area contributed by atoms with Gasteiger partial charge in [-0.3, -0.25) is 4.57 Å². The summed E-state index contributed by atoms with van der Waals surface area (Å²) in [5.74, 6) is -0.178. The normalized spacial score (nSPS) is 18.7. The summed E-state index contributed by atoms with van der Waals surface area (Å²) in [4.78, 5) is 14.5. The molecule has 9 rings (SSSR count). The lowest BCUT2D eigenvalue weighted by molar-refractivity contribution is 0.660. The highest BCUT2D eigenvalue weighted by atomic mass is 15.2. The molecule has 1 aliphatic rings. The highest BCUT2D eigenvalue weighted by molar-refractivity contribution is 6.15. The average molecular weight is 607 g/mol. The second-order valence-corrected chi connectivity index (χ2v) is 10.9. The number of nitrogens with zero attached hydrogens (tertiary/aromatic N) is 4. The summed E-state index contributed by atoms with van der Waals surface area (Å²) < 4.78 is 145. The zero-order chi connectivity index (χ0) is 44.5. The maximum atomic E-state index is 9.51. The Morgan fingerprint density at radius 2 is 1.26 bits per heavy atom. The van der Waals surface area contributed by atoms with Crippen LogP contribution in [0.4, 0.5) is 0 Å². The van der Waals surface area contributed by atoms with Gasteiger partial charge in [0.05, 0.1) is 24.7 Å². The Bertz CT molecular complexity index is 3200. The monoisotopic (exact) mass is 606 g/mol. The van der Waals surface area contributed by atoms with Crippen molar-refractivity contribution < 1.29 is 21.9 Å². The van der Waals surface area contributed by atoms with Gasteiger partial charge < -0.3 is 0 Å². The van der Waals surface area contributed by atoms with Crippen LogP contribution in [0.25, 0.3) is 72.8 Å². The van der Waals surface area contributed by atoms with Crippen LogP contribution in [0, 0.1) is 0 Å². The van der Waals surface area contributed by atoms with Crippen molar-refractivity contribution in [3.8, 4) is 51.0 Å². The predicted molar refractivity (Wildman–Crippen MR) is 188 cm³/mol. The first-order valence-electron chi connectivity index (χ1n) is 22.4. The van der Waals surface area contributed by atoms with Crippen LogP contribution in [0.2, 0.25) is 0 Å². The highest BCUT2D eigenvalue weighted by Crippen LogP contribution is 2.52. The summed E-state index contributed by atoms with van der Waals surface area (Å²) in [5.41, 5.74) is -4.07. The van der Waals surface area contributed by atoms with Gasteiger partial charge in [-0.1, -0.05) is 147 Å². The van der Waals surface area contributed by atoms with Crippen molar-refractivity contribution in [2.75, 3.05) is 0 Å². The maximum absolute atomic E-state index is 9.51. The van der Waals surface area contributed by atoms with E-state index in [9.17, 15) is 5.48 Å². The van der Waals surface area contributed by atoms with E-state index in [1.165, 1.54) is 0 Å². The van der Waals surface area contributed by atoms with E-state index in [-0.39, 0.29) is 39.4 Å². The van der Waals surface area contributed by atoms with E-state index in [1.54, 1.807) is 42.5 Å². The van der Waals surface area contributed by atoms with Gasteiger partial charge in [0.1, 0.15) is 0 Å². The van der Waals surface area contributed by atoms with Gasteiger partial charge in [-0.05, 0) is 39.9 Å². The number of hydrogen-bond acceptors (Lipinski definition) is 3. The molecule has 0 spiro atoms. The molecule has 6 aromatic carbocycles. The molecule has 0 amide bonds. The Morgan fingerprint density at radius 3 is 2.07 bits per heavy atom. The Labute approximate surface area is 290 Å². The van der Waals surface area contributed by atoms with Gasteiger partial charge >= 0.3 is 0 Å². The van der Waals surface area contributed by atoms with E-state index in [1.807, 2.05) is 42.5 Å². The Hall–Kier alpha value is -5.87. The fourth-order valence-electron chi connectivity index (χ4n) is 6.07. The van der Waals surface area contributed by atoms with Crippen LogP contribution in [0.5, 0.6) is 0 Å². The smallest absolute Gasteiger partial charge is 0.238 e. The quantitative estimate of drug-likeness (QED) is 0.200. The summed E-state index contributed by atoms with van der Waals surface area (Å²) in [7, 11) is 0. The van der Waals surface area contributed by atoms with Crippen molar-refractivity contribution in [2.45, 2.75) is 19.1 Å². The highest BCUT2D eigenvalue weighted by Gasteiger charge is 2.37. The summed E-state index contributed by atoms with van der Waals surface area (Å²) in [6, 6.07) is 17.3. The van der Waals surface area contributed by atoms with E-state index in [2.05, 4.69) is 0 Å². The van der Waals surface area contributed by atoms with Gasteiger partial charge in [0.25, 0.3) is 0 Å². The number of hydrogen-bond donors (Lipinski definition) is 0. The fourth-order valence-corrected chi connectivity index (χ4v) is 6.07. The SMILES string of the molecule is [2H]c1c([2H])c([2H])c2c(c1[2H])-c1c(c([2H])c([2H])c3c4c([2H])c([2H])c([2H])c([2H])c4n(-c4nc(-c5ccccc5)nc(-c5cccc(-c6ccccc6)c5)n4)c13)C2(C([2H])([2H])[2H])C([2H])([2H])[2H]. The average Bonchev–Trinajstić information content (AvgIpc) is 3.79. The lowest BCUT2D eigenvalue weighted by atomic mass is 9.82. The zero-order valence-corrected chi connectivity index (χ0v) is 23.9. The molecule has 4 heteroatoms. The number of benzene rings is 6. The van der Waals surface area contributed by atoms with Crippen molar-refractivity contribution in [3.05, 3.63) is 156 Å². The van der Waals surface area contributed by atoms with Gasteiger partial charge in [0.2, 0.25) is 5.95 Å². The number of rotatable bonds is 4. The van der Waals surface area contributed by atoms with Crippen LogP contribution in [0.1, 0.15) is 46.8 Å². The van der Waals surface area contributed by atoms with Crippen molar-refractivity contribution in [3.63, 3.8) is 0 Å². The van der Waals surface area contributed by atoms with E-state index in [4.69, 9.17) is 31.4 Å². The van der Waals surface area contributed by atoms with Crippen molar-refractivity contribution >= 4 is 21.8 Å². The number of fused-ring (bicyclic) bond motifs is 7. The first-order chi connectivity index (χ1) is 29.2. The second kappa shape index (κ2) is 10.1. The third kappa shape index (κ3) is 3.97. The van der Waals surface area contributed by atoms with Gasteiger partial charge in [0.15, 0.2) is 11.6 Å². The van der Waals surface area contributed by atoms with Crippen LogP contribution in [-0.4, -0.2) is 19.5 Å². The molecule has 1 aliphatic carbocycles. The number of para-hydroxylation sites is 1. The third-order valence-corrected chi connectivity index (χ3v) is 8.17. The third-order valence-electron chi connectivity index (χ3n) is 8.17. The topological polar surface area (TPSA) is 43.6 Å². The largest absolute Gasteiger partial charge is 0.277 e. The van der Waals surface area contributed by atoms with E-state index < -0.39 is 102 Å². The molecule has 0 fully saturated rings. The molecule has 8 aromatic rings. The maximum Gasteiger partial charge on any atom is 0.238 e. The van der Waals surface area contributed by atoms with E-state index in [0.29, 0.717) is 11.1 Å². The van der Waals surface area contributed by atoms with Crippen LogP contribution >= 0.6 is 0 Å². The summed E-state index contributed by atoms with van der Waals surface area (Å²) in [6.45, 7) is -7.28. The molecule has 0 unspecified atom stereocenters. The Balaban J connectivity index is 1.56. The molecule has 46 heavy (non-hydrogen) atoms. The Morgan fingerprint density at radius 1 is 0.587 bits per heavy atom. The van der Waals surface area contributed by atoms with Crippen LogP contribution in [-0.2, 0) is 5.41 Å².